The molecule has 0 aliphatic heterocycles. The van der Waals surface area contributed by atoms with Crippen molar-refractivity contribution in [3.8, 4) is 0 Å². The fourth-order valence-corrected chi connectivity index (χ4v) is 5.51. The number of carboxylic acid groups (broad SMARTS) is 1. The van der Waals surface area contributed by atoms with Crippen LogP contribution in [-0.4, -0.2) is 33.9 Å². The Bertz CT molecular complexity index is 1500. The van der Waals surface area contributed by atoms with Crippen molar-refractivity contribution in [2.24, 2.45) is 5.92 Å². The predicted octanol–water partition coefficient (Wildman–Crippen LogP) is 5.58. The first-order valence-corrected chi connectivity index (χ1v) is 12.9. The molecule has 2 aromatic carbocycles. The molecule has 9 heteroatoms. The van der Waals surface area contributed by atoms with Gasteiger partial charge < -0.3 is 21.1 Å². The van der Waals surface area contributed by atoms with E-state index in [2.05, 4.69) is 20.9 Å². The molecule has 0 bridgehead atoms. The van der Waals surface area contributed by atoms with E-state index in [1.54, 1.807) is 6.07 Å². The first kappa shape index (κ1) is 24.5. The van der Waals surface area contributed by atoms with Gasteiger partial charge in [0.15, 0.2) is 5.82 Å². The molecular weight excluding hydrogens is 488 g/mol. The highest BCUT2D eigenvalue weighted by atomic mass is 32.1. The average Bonchev–Trinajstić information content (AvgIpc) is 3.54. The molecule has 1 aliphatic rings. The number of carboxylic acids is 1. The summed E-state index contributed by atoms with van der Waals surface area (Å²) in [7, 11) is 0. The zero-order chi connectivity index (χ0) is 25.9. The first-order chi connectivity index (χ1) is 17.9. The molecule has 2 atom stereocenters. The first-order valence-electron chi connectivity index (χ1n) is 12.0. The highest BCUT2D eigenvalue weighted by molar-refractivity contribution is 7.17. The van der Waals surface area contributed by atoms with Crippen molar-refractivity contribution < 1.29 is 19.5 Å². The molecule has 1 fully saturated rings. The fraction of sp³-hybridized carbons (Fsp3) is 0.214. The quantitative estimate of drug-likeness (QED) is 0.255. The Hall–Kier alpha value is -4.24. The summed E-state index contributed by atoms with van der Waals surface area (Å²) in [6, 6.07) is 16.8. The van der Waals surface area contributed by atoms with Gasteiger partial charge in [-0.1, -0.05) is 36.4 Å². The van der Waals surface area contributed by atoms with Crippen LogP contribution in [0.1, 0.15) is 45.5 Å². The maximum absolute atomic E-state index is 13.3. The minimum absolute atomic E-state index is 0.214. The number of fused-ring (bicyclic) bond motifs is 1. The molecule has 0 spiro atoms. The lowest BCUT2D eigenvalue weighted by molar-refractivity contribution is -0.141. The van der Waals surface area contributed by atoms with Crippen LogP contribution >= 0.6 is 11.3 Å². The number of para-hydroxylation sites is 1. The fourth-order valence-electron chi connectivity index (χ4n) is 4.57. The summed E-state index contributed by atoms with van der Waals surface area (Å²) in [5, 5.41) is 21.0. The Labute approximate surface area is 217 Å². The number of nitrogens with one attached hydrogen (secondary N) is 3. The SMILES string of the molecule is Cc1ccccc1Nc1ncc(C(=O)N[C@@H]2CC[C@H](C(=O)O)C2)cc1NC(=O)c1csc2ccccc12. The van der Waals surface area contributed by atoms with Gasteiger partial charge in [-0.2, -0.15) is 0 Å². The number of aryl methyl sites for hydroxylation is 1. The molecule has 1 saturated carbocycles. The molecule has 1 aliphatic carbocycles. The van der Waals surface area contributed by atoms with Crippen LogP contribution in [0, 0.1) is 12.8 Å². The molecule has 8 nitrogen and oxygen atoms in total. The third-order valence-corrected chi connectivity index (χ3v) is 7.60. The Kier molecular flexibility index (Phi) is 6.87. The van der Waals surface area contributed by atoms with Crippen LogP contribution in [0.25, 0.3) is 10.1 Å². The molecular formula is C28H26N4O4S. The van der Waals surface area contributed by atoms with Crippen molar-refractivity contribution in [2.45, 2.75) is 32.2 Å². The summed E-state index contributed by atoms with van der Waals surface area (Å²) in [6.45, 7) is 1.96. The Morgan fingerprint density at radius 2 is 1.78 bits per heavy atom. The normalized spacial score (nSPS) is 16.9. The predicted molar refractivity (Wildman–Crippen MR) is 145 cm³/mol. The second kappa shape index (κ2) is 10.4. The smallest absolute Gasteiger partial charge is 0.306 e. The van der Waals surface area contributed by atoms with E-state index in [0.717, 1.165) is 21.3 Å². The number of rotatable bonds is 7. The number of hydrogen-bond acceptors (Lipinski definition) is 6. The molecule has 37 heavy (non-hydrogen) atoms. The van der Waals surface area contributed by atoms with Crippen LogP contribution in [0.5, 0.6) is 0 Å². The average molecular weight is 515 g/mol. The Morgan fingerprint density at radius 1 is 1.00 bits per heavy atom. The lowest BCUT2D eigenvalue weighted by Crippen LogP contribution is -2.33. The van der Waals surface area contributed by atoms with Gasteiger partial charge in [0.05, 0.1) is 22.7 Å². The monoisotopic (exact) mass is 514 g/mol. The molecule has 2 amide bonds. The molecule has 4 N–H and O–H groups in total. The summed E-state index contributed by atoms with van der Waals surface area (Å²) >= 11 is 1.49. The second-order valence-electron chi connectivity index (χ2n) is 9.18. The van der Waals surface area contributed by atoms with Crippen LogP contribution in [0.4, 0.5) is 17.2 Å². The number of carbonyl (C=O) groups excluding carboxylic acids is 2. The van der Waals surface area contributed by atoms with Gasteiger partial charge in [-0.15, -0.1) is 11.3 Å². The molecule has 0 radical (unpaired) electrons. The van der Waals surface area contributed by atoms with E-state index < -0.39 is 11.9 Å². The third kappa shape index (κ3) is 5.31. The van der Waals surface area contributed by atoms with E-state index in [9.17, 15) is 19.5 Å². The standard InChI is InChI=1S/C28H26N4O4S/c1-16-6-2-4-8-22(16)31-25-23(32-27(34)21-15-37-24-9-5-3-7-20(21)24)13-18(14-29-25)26(33)30-19-11-10-17(12-19)28(35)36/h2-9,13-15,17,19H,10-12H2,1H3,(H,29,31)(H,30,33)(H,32,34)(H,35,36)/t17-,19+/m0/s1. The zero-order valence-electron chi connectivity index (χ0n) is 20.2. The third-order valence-electron chi connectivity index (χ3n) is 6.64. The number of nitrogens with zero attached hydrogens (tertiary/aromatic N) is 1. The largest absolute Gasteiger partial charge is 0.481 e. The van der Waals surface area contributed by atoms with Crippen molar-refractivity contribution in [1.82, 2.24) is 10.3 Å². The van der Waals surface area contributed by atoms with E-state index in [0.29, 0.717) is 36.3 Å². The number of pyridine rings is 1. The van der Waals surface area contributed by atoms with Gasteiger partial charge in [-0.25, -0.2) is 4.98 Å². The number of aromatic nitrogens is 1. The minimum atomic E-state index is -0.837. The number of carbonyl (C=O) groups is 3. The molecule has 2 heterocycles. The summed E-state index contributed by atoms with van der Waals surface area (Å²) in [5.41, 5.74) is 3.02. The number of anilines is 3. The molecule has 0 unspecified atom stereocenters. The van der Waals surface area contributed by atoms with Crippen molar-refractivity contribution in [3.05, 3.63) is 82.9 Å². The van der Waals surface area contributed by atoms with Crippen LogP contribution in [0.15, 0.2) is 66.2 Å². The van der Waals surface area contributed by atoms with Gasteiger partial charge in [0.25, 0.3) is 11.8 Å². The van der Waals surface area contributed by atoms with Gasteiger partial charge >= 0.3 is 5.97 Å². The van der Waals surface area contributed by atoms with E-state index in [1.165, 1.54) is 17.5 Å². The number of hydrogen-bond donors (Lipinski definition) is 4. The Morgan fingerprint density at radius 3 is 2.57 bits per heavy atom. The van der Waals surface area contributed by atoms with Gasteiger partial charge in [0.2, 0.25) is 0 Å². The van der Waals surface area contributed by atoms with Crippen LogP contribution < -0.4 is 16.0 Å². The van der Waals surface area contributed by atoms with E-state index in [-0.39, 0.29) is 23.4 Å². The number of amides is 2. The van der Waals surface area contributed by atoms with E-state index in [4.69, 9.17) is 0 Å². The highest BCUT2D eigenvalue weighted by Crippen LogP contribution is 2.30. The minimum Gasteiger partial charge on any atom is -0.481 e. The topological polar surface area (TPSA) is 120 Å². The van der Waals surface area contributed by atoms with Crippen molar-refractivity contribution in [3.63, 3.8) is 0 Å². The Balaban J connectivity index is 1.42. The van der Waals surface area contributed by atoms with Crippen molar-refractivity contribution in [2.75, 3.05) is 10.6 Å². The molecule has 188 valence electrons. The summed E-state index contributed by atoms with van der Waals surface area (Å²) in [4.78, 5) is 42.1. The maximum atomic E-state index is 13.3. The molecule has 0 saturated heterocycles. The van der Waals surface area contributed by atoms with Crippen LogP contribution in [-0.2, 0) is 4.79 Å². The number of thiophene rings is 1. The van der Waals surface area contributed by atoms with Crippen molar-refractivity contribution in [1.29, 1.82) is 0 Å². The highest BCUT2D eigenvalue weighted by Gasteiger charge is 2.31. The maximum Gasteiger partial charge on any atom is 0.306 e. The molecule has 4 aromatic rings. The van der Waals surface area contributed by atoms with E-state index in [1.807, 2.05) is 60.8 Å². The van der Waals surface area contributed by atoms with Crippen LogP contribution in [0.2, 0.25) is 0 Å². The zero-order valence-corrected chi connectivity index (χ0v) is 21.0. The molecule has 2 aromatic heterocycles. The summed E-state index contributed by atoms with van der Waals surface area (Å²) in [5.74, 6) is -1.53. The lowest BCUT2D eigenvalue weighted by atomic mass is 10.1. The van der Waals surface area contributed by atoms with E-state index >= 15 is 0 Å². The summed E-state index contributed by atoms with van der Waals surface area (Å²) < 4.78 is 1.01. The van der Waals surface area contributed by atoms with Crippen molar-refractivity contribution >= 4 is 56.4 Å². The van der Waals surface area contributed by atoms with Gasteiger partial charge in [0.1, 0.15) is 0 Å². The van der Waals surface area contributed by atoms with Gasteiger partial charge in [-0.05, 0) is 49.9 Å². The van der Waals surface area contributed by atoms with Gasteiger partial charge in [-0.3, -0.25) is 14.4 Å². The lowest BCUT2D eigenvalue weighted by Gasteiger charge is -2.16. The summed E-state index contributed by atoms with van der Waals surface area (Å²) in [6.07, 6.45) is 3.00. The van der Waals surface area contributed by atoms with Crippen LogP contribution in [0.3, 0.4) is 0 Å². The second-order valence-corrected chi connectivity index (χ2v) is 10.1. The number of benzene rings is 2. The number of aliphatic carboxylic acids is 1. The molecule has 5 rings (SSSR count). The van der Waals surface area contributed by atoms with Gasteiger partial charge in [0, 0.05) is 33.4 Å².